The highest BCUT2D eigenvalue weighted by Crippen LogP contribution is 2.15. The van der Waals surface area contributed by atoms with Crippen molar-refractivity contribution in [2.24, 2.45) is 0 Å². The molecule has 0 aliphatic heterocycles. The van der Waals surface area contributed by atoms with E-state index in [1.807, 2.05) is 18.9 Å². The van der Waals surface area contributed by atoms with Gasteiger partial charge in [0.15, 0.2) is 0 Å². The molecule has 1 aromatic heterocycles. The van der Waals surface area contributed by atoms with Crippen LogP contribution in [0.2, 0.25) is 0 Å². The molecule has 1 rings (SSSR count). The summed E-state index contributed by atoms with van der Waals surface area (Å²) in [6.45, 7) is 1.94. The number of hydrogen-bond donors (Lipinski definition) is 1. The fourth-order valence-electron chi connectivity index (χ4n) is 1.23. The van der Waals surface area contributed by atoms with Crippen LogP contribution in [0.15, 0.2) is 18.3 Å². The highest BCUT2D eigenvalue weighted by molar-refractivity contribution is 5.88. The van der Waals surface area contributed by atoms with Gasteiger partial charge in [0.25, 0.3) is 0 Å². The second kappa shape index (κ2) is 5.46. The Bertz CT molecular complexity index is 368. The van der Waals surface area contributed by atoms with Crippen LogP contribution >= 0.6 is 0 Å². The minimum atomic E-state index is -0.466. The molecule has 0 spiro atoms. The zero-order valence-corrected chi connectivity index (χ0v) is 9.67. The van der Waals surface area contributed by atoms with Crippen molar-refractivity contribution < 1.29 is 14.6 Å². The molecule has 16 heavy (non-hydrogen) atoms. The summed E-state index contributed by atoms with van der Waals surface area (Å²) >= 11 is 0. The van der Waals surface area contributed by atoms with E-state index < -0.39 is 5.97 Å². The monoisotopic (exact) mass is 224 g/mol. The van der Waals surface area contributed by atoms with Gasteiger partial charge in [-0.25, -0.2) is 9.78 Å². The molecule has 0 bridgehead atoms. The van der Waals surface area contributed by atoms with Gasteiger partial charge in [-0.05, 0) is 19.1 Å². The molecule has 1 heterocycles. The number of methoxy groups -OCH3 is 1. The molecule has 88 valence electrons. The van der Waals surface area contributed by atoms with Gasteiger partial charge in [-0.1, -0.05) is 0 Å². The molecule has 1 atom stereocenters. The average molecular weight is 224 g/mol. The fourth-order valence-corrected chi connectivity index (χ4v) is 1.23. The molecule has 0 fully saturated rings. The number of ether oxygens (including phenoxy) is 1. The second-order valence-corrected chi connectivity index (χ2v) is 3.53. The number of esters is 1. The van der Waals surface area contributed by atoms with E-state index in [0.29, 0.717) is 0 Å². The minimum Gasteiger partial charge on any atom is -0.464 e. The van der Waals surface area contributed by atoms with E-state index in [4.69, 9.17) is 5.11 Å². The van der Waals surface area contributed by atoms with Crippen molar-refractivity contribution in [3.8, 4) is 0 Å². The van der Waals surface area contributed by atoms with E-state index in [1.165, 1.54) is 7.11 Å². The van der Waals surface area contributed by atoms with Gasteiger partial charge in [-0.15, -0.1) is 0 Å². The first kappa shape index (κ1) is 12.4. The zero-order chi connectivity index (χ0) is 12.1. The largest absolute Gasteiger partial charge is 0.464 e. The van der Waals surface area contributed by atoms with Crippen molar-refractivity contribution >= 4 is 11.7 Å². The second-order valence-electron chi connectivity index (χ2n) is 3.53. The first-order chi connectivity index (χ1) is 7.60. The topological polar surface area (TPSA) is 62.7 Å². The number of rotatable bonds is 4. The number of anilines is 1. The molecule has 1 aromatic rings. The van der Waals surface area contributed by atoms with Crippen LogP contribution in [-0.2, 0) is 4.74 Å². The van der Waals surface area contributed by atoms with E-state index in [1.54, 1.807) is 18.3 Å². The number of likely N-dealkylation sites (N-methyl/N-ethyl adjacent to an activating group) is 1. The summed E-state index contributed by atoms with van der Waals surface area (Å²) in [6.07, 6.45) is 1.54. The lowest BCUT2D eigenvalue weighted by atomic mass is 10.2. The van der Waals surface area contributed by atoms with Crippen LogP contribution in [0.25, 0.3) is 0 Å². The first-order valence-corrected chi connectivity index (χ1v) is 4.98. The number of aliphatic hydroxyl groups is 1. The van der Waals surface area contributed by atoms with Crippen LogP contribution < -0.4 is 4.90 Å². The number of pyridine rings is 1. The Morgan fingerprint density at radius 3 is 2.94 bits per heavy atom. The molecule has 5 heteroatoms. The Kier molecular flexibility index (Phi) is 4.25. The molecule has 0 aliphatic carbocycles. The summed E-state index contributed by atoms with van der Waals surface area (Å²) in [5.74, 6) is -0.466. The SMILES string of the molecule is COC(=O)c1cc(N(C)C(C)CO)ccn1. The smallest absolute Gasteiger partial charge is 0.356 e. The number of hydrogen-bond acceptors (Lipinski definition) is 5. The van der Waals surface area contributed by atoms with Crippen molar-refractivity contribution in [1.82, 2.24) is 4.98 Å². The van der Waals surface area contributed by atoms with Crippen LogP contribution in [0.5, 0.6) is 0 Å². The Balaban J connectivity index is 2.94. The van der Waals surface area contributed by atoms with Crippen molar-refractivity contribution in [1.29, 1.82) is 0 Å². The summed E-state index contributed by atoms with van der Waals surface area (Å²) in [7, 11) is 3.16. The number of carbonyl (C=O) groups excluding carboxylic acids is 1. The molecule has 0 saturated heterocycles. The van der Waals surface area contributed by atoms with Crippen LogP contribution in [0.4, 0.5) is 5.69 Å². The molecular formula is C11H16N2O3. The van der Waals surface area contributed by atoms with Crippen molar-refractivity contribution in [2.75, 3.05) is 25.7 Å². The molecule has 0 aromatic carbocycles. The van der Waals surface area contributed by atoms with Gasteiger partial charge in [-0.2, -0.15) is 0 Å². The molecule has 0 aliphatic rings. The van der Waals surface area contributed by atoms with E-state index in [2.05, 4.69) is 9.72 Å². The highest BCUT2D eigenvalue weighted by atomic mass is 16.5. The zero-order valence-electron chi connectivity index (χ0n) is 9.67. The third-order valence-corrected chi connectivity index (χ3v) is 2.47. The Hall–Kier alpha value is -1.62. The van der Waals surface area contributed by atoms with E-state index in [0.717, 1.165) is 5.69 Å². The van der Waals surface area contributed by atoms with Gasteiger partial charge < -0.3 is 14.7 Å². The lowest BCUT2D eigenvalue weighted by Crippen LogP contribution is -2.31. The number of nitrogens with zero attached hydrogens (tertiary/aromatic N) is 2. The maximum absolute atomic E-state index is 11.3. The van der Waals surface area contributed by atoms with Gasteiger partial charge in [-0.3, -0.25) is 0 Å². The standard InChI is InChI=1S/C11H16N2O3/c1-8(7-14)13(2)9-4-5-12-10(6-9)11(15)16-3/h4-6,8,14H,7H2,1-3H3. The number of aromatic nitrogens is 1. The minimum absolute atomic E-state index is 0.0205. The highest BCUT2D eigenvalue weighted by Gasteiger charge is 2.12. The van der Waals surface area contributed by atoms with Gasteiger partial charge in [0.1, 0.15) is 5.69 Å². The van der Waals surface area contributed by atoms with Gasteiger partial charge >= 0.3 is 5.97 Å². The normalized spacial score (nSPS) is 12.0. The fraction of sp³-hybridized carbons (Fsp3) is 0.455. The number of aliphatic hydroxyl groups excluding tert-OH is 1. The quantitative estimate of drug-likeness (QED) is 0.762. The van der Waals surface area contributed by atoms with Gasteiger partial charge in [0, 0.05) is 25.0 Å². The predicted molar refractivity (Wildman–Crippen MR) is 60.5 cm³/mol. The Morgan fingerprint density at radius 1 is 1.69 bits per heavy atom. The van der Waals surface area contributed by atoms with E-state index in [-0.39, 0.29) is 18.3 Å². The van der Waals surface area contributed by atoms with Crippen LogP contribution in [-0.4, -0.2) is 42.9 Å². The van der Waals surface area contributed by atoms with Gasteiger partial charge in [0.05, 0.1) is 13.7 Å². The molecular weight excluding hydrogens is 208 g/mol. The summed E-state index contributed by atoms with van der Waals surface area (Å²) in [5, 5.41) is 9.04. The molecule has 1 unspecified atom stereocenters. The van der Waals surface area contributed by atoms with E-state index >= 15 is 0 Å². The average Bonchev–Trinajstić information content (AvgIpc) is 2.36. The predicted octanol–water partition coefficient (Wildman–Crippen LogP) is 0.685. The molecule has 0 amide bonds. The van der Waals surface area contributed by atoms with Crippen LogP contribution in [0.3, 0.4) is 0 Å². The van der Waals surface area contributed by atoms with Crippen molar-refractivity contribution in [3.05, 3.63) is 24.0 Å². The Morgan fingerprint density at radius 2 is 2.38 bits per heavy atom. The summed E-state index contributed by atoms with van der Waals surface area (Å²) in [6, 6.07) is 3.39. The first-order valence-electron chi connectivity index (χ1n) is 4.98. The Labute approximate surface area is 94.7 Å². The van der Waals surface area contributed by atoms with Crippen LogP contribution in [0.1, 0.15) is 17.4 Å². The third-order valence-electron chi connectivity index (χ3n) is 2.47. The lowest BCUT2D eigenvalue weighted by Gasteiger charge is -2.25. The molecule has 0 radical (unpaired) electrons. The van der Waals surface area contributed by atoms with E-state index in [9.17, 15) is 4.79 Å². The molecule has 5 nitrogen and oxygen atoms in total. The van der Waals surface area contributed by atoms with Crippen LogP contribution in [0, 0.1) is 0 Å². The number of carbonyl (C=O) groups is 1. The molecule has 0 saturated carbocycles. The maximum atomic E-state index is 11.3. The van der Waals surface area contributed by atoms with Crippen molar-refractivity contribution in [3.63, 3.8) is 0 Å². The summed E-state index contributed by atoms with van der Waals surface area (Å²) < 4.78 is 4.59. The summed E-state index contributed by atoms with van der Waals surface area (Å²) in [4.78, 5) is 17.1. The molecule has 1 N–H and O–H groups in total. The van der Waals surface area contributed by atoms with Gasteiger partial charge in [0.2, 0.25) is 0 Å². The lowest BCUT2D eigenvalue weighted by molar-refractivity contribution is 0.0594. The third kappa shape index (κ3) is 2.70. The maximum Gasteiger partial charge on any atom is 0.356 e. The summed E-state index contributed by atoms with van der Waals surface area (Å²) in [5.41, 5.74) is 1.08. The van der Waals surface area contributed by atoms with Crippen molar-refractivity contribution in [2.45, 2.75) is 13.0 Å².